The van der Waals surface area contributed by atoms with E-state index in [9.17, 15) is 9.90 Å². The predicted octanol–water partition coefficient (Wildman–Crippen LogP) is 4.28. The maximum absolute atomic E-state index is 11.2. The van der Waals surface area contributed by atoms with Crippen LogP contribution in [0.4, 0.5) is 5.69 Å². The Hall–Kier alpha value is -1.22. The van der Waals surface area contributed by atoms with Crippen molar-refractivity contribution in [2.75, 3.05) is 11.9 Å². The second kappa shape index (κ2) is 6.29. The Morgan fingerprint density at radius 3 is 2.95 bits per heavy atom. The van der Waals surface area contributed by atoms with Crippen molar-refractivity contribution < 1.29 is 9.90 Å². The third-order valence-corrected chi connectivity index (χ3v) is 4.07. The van der Waals surface area contributed by atoms with Crippen LogP contribution >= 0.6 is 11.6 Å². The van der Waals surface area contributed by atoms with Gasteiger partial charge in [0, 0.05) is 17.3 Å². The molecular weight excluding hydrogens is 262 g/mol. The van der Waals surface area contributed by atoms with E-state index in [0.29, 0.717) is 16.6 Å². The van der Waals surface area contributed by atoms with E-state index in [1.165, 1.54) is 31.7 Å². The van der Waals surface area contributed by atoms with E-state index < -0.39 is 5.97 Å². The van der Waals surface area contributed by atoms with Gasteiger partial charge in [-0.05, 0) is 42.9 Å². The molecule has 0 aliphatic heterocycles. The van der Waals surface area contributed by atoms with Gasteiger partial charge in [0.25, 0.3) is 0 Å². The van der Waals surface area contributed by atoms with Crippen molar-refractivity contribution in [2.24, 2.45) is 11.8 Å². The average molecular weight is 282 g/mol. The van der Waals surface area contributed by atoms with Gasteiger partial charge in [0.1, 0.15) is 0 Å². The lowest BCUT2D eigenvalue weighted by Gasteiger charge is -2.27. The number of hydrogen-bond acceptors (Lipinski definition) is 2. The highest BCUT2D eigenvalue weighted by Gasteiger charge is 2.19. The molecule has 2 unspecified atom stereocenters. The monoisotopic (exact) mass is 281 g/mol. The van der Waals surface area contributed by atoms with Gasteiger partial charge >= 0.3 is 5.97 Å². The Morgan fingerprint density at radius 2 is 2.26 bits per heavy atom. The average Bonchev–Trinajstić information content (AvgIpc) is 2.37. The van der Waals surface area contributed by atoms with Gasteiger partial charge in [0.15, 0.2) is 0 Å². The van der Waals surface area contributed by atoms with Crippen molar-refractivity contribution >= 4 is 23.3 Å². The molecule has 0 heterocycles. The third kappa shape index (κ3) is 3.87. The van der Waals surface area contributed by atoms with Crippen molar-refractivity contribution in [2.45, 2.75) is 32.6 Å². The van der Waals surface area contributed by atoms with Crippen LogP contribution in [0.15, 0.2) is 18.2 Å². The fourth-order valence-corrected chi connectivity index (χ4v) is 3.02. The summed E-state index contributed by atoms with van der Waals surface area (Å²) in [5.41, 5.74) is 0.909. The van der Waals surface area contributed by atoms with Crippen molar-refractivity contribution in [3.05, 3.63) is 28.8 Å². The molecule has 1 aliphatic carbocycles. The topological polar surface area (TPSA) is 49.3 Å². The molecule has 104 valence electrons. The van der Waals surface area contributed by atoms with Crippen LogP contribution in [-0.4, -0.2) is 17.6 Å². The molecule has 1 aromatic rings. The fourth-order valence-electron chi connectivity index (χ4n) is 2.85. The molecule has 4 heteroatoms. The van der Waals surface area contributed by atoms with Crippen LogP contribution in [0.3, 0.4) is 0 Å². The summed E-state index contributed by atoms with van der Waals surface area (Å²) in [6.07, 6.45) is 5.05. The number of benzene rings is 1. The molecule has 1 saturated carbocycles. The number of carbonyl (C=O) groups is 1. The van der Waals surface area contributed by atoms with E-state index in [4.69, 9.17) is 11.6 Å². The maximum atomic E-state index is 11.2. The molecular formula is C15H20ClNO2. The molecule has 0 aromatic heterocycles. The molecule has 0 bridgehead atoms. The number of nitrogens with one attached hydrogen (secondary N) is 1. The normalized spacial score (nSPS) is 23.1. The van der Waals surface area contributed by atoms with Gasteiger partial charge in [-0.1, -0.05) is 31.4 Å². The van der Waals surface area contributed by atoms with Gasteiger partial charge < -0.3 is 10.4 Å². The highest BCUT2D eigenvalue weighted by atomic mass is 35.5. The Kier molecular flexibility index (Phi) is 4.70. The highest BCUT2D eigenvalue weighted by Crippen LogP contribution is 2.29. The SMILES string of the molecule is CC1CCCC(CNc2ccc(Cl)cc2C(=O)O)C1. The molecule has 0 saturated heterocycles. The van der Waals surface area contributed by atoms with Crippen molar-refractivity contribution in [3.63, 3.8) is 0 Å². The van der Waals surface area contributed by atoms with E-state index >= 15 is 0 Å². The predicted molar refractivity (Wildman–Crippen MR) is 78.0 cm³/mol. The van der Waals surface area contributed by atoms with Gasteiger partial charge in [-0.3, -0.25) is 0 Å². The zero-order chi connectivity index (χ0) is 13.8. The van der Waals surface area contributed by atoms with Gasteiger partial charge in [0.2, 0.25) is 0 Å². The van der Waals surface area contributed by atoms with Crippen LogP contribution in [0.1, 0.15) is 43.0 Å². The lowest BCUT2D eigenvalue weighted by atomic mass is 9.82. The Morgan fingerprint density at radius 1 is 1.47 bits per heavy atom. The minimum Gasteiger partial charge on any atom is -0.478 e. The number of halogens is 1. The van der Waals surface area contributed by atoms with E-state index in [2.05, 4.69) is 12.2 Å². The summed E-state index contributed by atoms with van der Waals surface area (Å²) < 4.78 is 0. The standard InChI is InChI=1S/C15H20ClNO2/c1-10-3-2-4-11(7-10)9-17-14-6-5-12(16)8-13(14)15(18)19/h5-6,8,10-11,17H,2-4,7,9H2,1H3,(H,18,19). The van der Waals surface area contributed by atoms with Crippen LogP contribution in [0, 0.1) is 11.8 Å². The first-order valence-corrected chi connectivity index (χ1v) is 7.20. The zero-order valence-corrected chi connectivity index (χ0v) is 11.9. The number of carboxylic acids is 1. The summed E-state index contributed by atoms with van der Waals surface area (Å²) in [6, 6.07) is 4.97. The molecule has 2 atom stereocenters. The van der Waals surface area contributed by atoms with Crippen LogP contribution in [0.25, 0.3) is 0 Å². The van der Waals surface area contributed by atoms with Crippen molar-refractivity contribution in [1.82, 2.24) is 0 Å². The summed E-state index contributed by atoms with van der Waals surface area (Å²) in [5, 5.41) is 12.9. The second-order valence-electron chi connectivity index (χ2n) is 5.51. The van der Waals surface area contributed by atoms with E-state index in [1.807, 2.05) is 0 Å². The molecule has 3 nitrogen and oxygen atoms in total. The van der Waals surface area contributed by atoms with Crippen LogP contribution in [-0.2, 0) is 0 Å². The number of anilines is 1. The minimum atomic E-state index is -0.943. The number of carboxylic acid groups (broad SMARTS) is 1. The first kappa shape index (κ1) is 14.2. The molecule has 1 fully saturated rings. The largest absolute Gasteiger partial charge is 0.478 e. The molecule has 2 rings (SSSR count). The van der Waals surface area contributed by atoms with E-state index in [0.717, 1.165) is 12.5 Å². The van der Waals surface area contributed by atoms with Crippen molar-refractivity contribution in [3.8, 4) is 0 Å². The lowest BCUT2D eigenvalue weighted by Crippen LogP contribution is -2.21. The first-order valence-electron chi connectivity index (χ1n) is 6.83. The molecule has 0 amide bonds. The molecule has 0 spiro atoms. The third-order valence-electron chi connectivity index (χ3n) is 3.84. The van der Waals surface area contributed by atoms with Crippen molar-refractivity contribution in [1.29, 1.82) is 0 Å². The molecule has 2 N–H and O–H groups in total. The smallest absolute Gasteiger partial charge is 0.337 e. The van der Waals surface area contributed by atoms with Gasteiger partial charge in [0.05, 0.1) is 5.56 Å². The minimum absolute atomic E-state index is 0.247. The van der Waals surface area contributed by atoms with Gasteiger partial charge in [-0.15, -0.1) is 0 Å². The number of hydrogen-bond donors (Lipinski definition) is 2. The molecule has 0 radical (unpaired) electrons. The summed E-state index contributed by atoms with van der Waals surface area (Å²) in [5.74, 6) is 0.479. The molecule has 1 aromatic carbocycles. The first-order chi connectivity index (χ1) is 9.06. The Bertz CT molecular complexity index is 461. The molecule has 19 heavy (non-hydrogen) atoms. The van der Waals surface area contributed by atoms with Crippen LogP contribution in [0.2, 0.25) is 5.02 Å². The molecule has 1 aliphatic rings. The van der Waals surface area contributed by atoms with Gasteiger partial charge in [-0.2, -0.15) is 0 Å². The van der Waals surface area contributed by atoms with Crippen LogP contribution in [0.5, 0.6) is 0 Å². The number of aromatic carboxylic acids is 1. The second-order valence-corrected chi connectivity index (χ2v) is 5.95. The fraction of sp³-hybridized carbons (Fsp3) is 0.533. The highest BCUT2D eigenvalue weighted by molar-refractivity contribution is 6.31. The van der Waals surface area contributed by atoms with Gasteiger partial charge in [-0.25, -0.2) is 4.79 Å². The summed E-state index contributed by atoms with van der Waals surface area (Å²) in [6.45, 7) is 3.13. The summed E-state index contributed by atoms with van der Waals surface area (Å²) in [7, 11) is 0. The van der Waals surface area contributed by atoms with E-state index in [-0.39, 0.29) is 5.56 Å². The Balaban J connectivity index is 2.01. The zero-order valence-electron chi connectivity index (χ0n) is 11.2. The number of rotatable bonds is 4. The Labute approximate surface area is 119 Å². The lowest BCUT2D eigenvalue weighted by molar-refractivity contribution is 0.0698. The van der Waals surface area contributed by atoms with E-state index in [1.54, 1.807) is 12.1 Å². The van der Waals surface area contributed by atoms with Crippen LogP contribution < -0.4 is 5.32 Å². The summed E-state index contributed by atoms with van der Waals surface area (Å²) >= 11 is 5.84. The summed E-state index contributed by atoms with van der Waals surface area (Å²) in [4.78, 5) is 11.2. The quantitative estimate of drug-likeness (QED) is 0.866. The maximum Gasteiger partial charge on any atom is 0.337 e.